The van der Waals surface area contributed by atoms with E-state index in [2.05, 4.69) is 10.2 Å². The van der Waals surface area contributed by atoms with Crippen molar-refractivity contribution in [2.45, 2.75) is 13.1 Å². The predicted molar refractivity (Wildman–Crippen MR) is 123 cm³/mol. The highest BCUT2D eigenvalue weighted by Gasteiger charge is 2.23. The average molecular weight is 486 g/mol. The maximum absolute atomic E-state index is 12.4. The third-order valence-electron chi connectivity index (χ3n) is 4.89. The van der Waals surface area contributed by atoms with Crippen LogP contribution in [0.2, 0.25) is 10.0 Å². The third-order valence-corrected chi connectivity index (χ3v) is 6.55. The highest BCUT2D eigenvalue weighted by molar-refractivity contribution is 7.92. The van der Waals surface area contributed by atoms with E-state index in [1.165, 1.54) is 23.8 Å². The van der Waals surface area contributed by atoms with Gasteiger partial charge in [0, 0.05) is 31.2 Å². The van der Waals surface area contributed by atoms with E-state index in [1.807, 2.05) is 24.3 Å². The number of ether oxygens (including phenoxy) is 1. The molecule has 1 N–H and O–H groups in total. The van der Waals surface area contributed by atoms with Gasteiger partial charge in [-0.2, -0.15) is 0 Å². The van der Waals surface area contributed by atoms with E-state index in [9.17, 15) is 13.2 Å². The van der Waals surface area contributed by atoms with E-state index >= 15 is 0 Å². The van der Waals surface area contributed by atoms with Gasteiger partial charge in [-0.25, -0.2) is 8.42 Å². The number of nitrogens with one attached hydrogen (secondary N) is 1. The summed E-state index contributed by atoms with van der Waals surface area (Å²) in [5.74, 6) is -0.436. The molecule has 0 aromatic heterocycles. The zero-order valence-corrected chi connectivity index (χ0v) is 19.5. The number of morpholine rings is 1. The number of halogens is 2. The van der Waals surface area contributed by atoms with Crippen LogP contribution >= 0.6 is 23.2 Å². The molecule has 31 heavy (non-hydrogen) atoms. The van der Waals surface area contributed by atoms with Gasteiger partial charge in [0.25, 0.3) is 0 Å². The second-order valence-electron chi connectivity index (χ2n) is 7.35. The molecule has 1 saturated heterocycles. The summed E-state index contributed by atoms with van der Waals surface area (Å²) in [6.45, 7) is 4.14. The molecule has 10 heteroatoms. The maximum Gasteiger partial charge on any atom is 0.241 e. The lowest BCUT2D eigenvalue weighted by Crippen LogP contribution is -2.40. The molecule has 0 saturated carbocycles. The van der Waals surface area contributed by atoms with Crippen molar-refractivity contribution in [3.05, 3.63) is 63.6 Å². The number of anilines is 1. The Labute approximate surface area is 192 Å². The number of benzene rings is 2. The van der Waals surface area contributed by atoms with Crippen molar-refractivity contribution >= 4 is 44.8 Å². The molecule has 0 radical (unpaired) electrons. The Bertz CT molecular complexity index is 1010. The zero-order valence-electron chi connectivity index (χ0n) is 17.2. The van der Waals surface area contributed by atoms with Crippen LogP contribution in [0.1, 0.15) is 11.1 Å². The lowest BCUT2D eigenvalue weighted by Gasteiger charge is -2.26. The highest BCUT2D eigenvalue weighted by atomic mass is 35.5. The van der Waals surface area contributed by atoms with Gasteiger partial charge >= 0.3 is 0 Å². The van der Waals surface area contributed by atoms with E-state index in [-0.39, 0.29) is 17.3 Å². The van der Waals surface area contributed by atoms with E-state index in [4.69, 9.17) is 27.9 Å². The van der Waals surface area contributed by atoms with Crippen LogP contribution in [-0.4, -0.2) is 58.3 Å². The molecule has 3 rings (SSSR count). The van der Waals surface area contributed by atoms with E-state index < -0.39 is 15.9 Å². The van der Waals surface area contributed by atoms with Crippen LogP contribution in [0.25, 0.3) is 0 Å². The number of sulfonamides is 1. The molecule has 0 spiro atoms. The van der Waals surface area contributed by atoms with Crippen LogP contribution in [0.5, 0.6) is 0 Å². The SMILES string of the molecule is CS(=O)(=O)N(CC(=O)NCc1ccc(CN2CCOCC2)cc1)c1ccc(Cl)cc1Cl. The van der Waals surface area contributed by atoms with Crippen LogP contribution in [0.15, 0.2) is 42.5 Å². The lowest BCUT2D eigenvalue weighted by atomic mass is 10.1. The molecule has 0 atom stereocenters. The number of carbonyl (C=O) groups excluding carboxylic acids is 1. The fourth-order valence-corrected chi connectivity index (χ4v) is 4.66. The summed E-state index contributed by atoms with van der Waals surface area (Å²) < 4.78 is 30.8. The summed E-state index contributed by atoms with van der Waals surface area (Å²) in [7, 11) is -3.72. The molecule has 0 unspecified atom stereocenters. The minimum atomic E-state index is -3.72. The number of carbonyl (C=O) groups is 1. The van der Waals surface area contributed by atoms with Gasteiger partial charge in [0.2, 0.25) is 15.9 Å². The fourth-order valence-electron chi connectivity index (χ4n) is 3.23. The van der Waals surface area contributed by atoms with Crippen molar-refractivity contribution in [3.8, 4) is 0 Å². The normalized spacial score (nSPS) is 14.9. The Morgan fingerprint density at radius 1 is 1.10 bits per heavy atom. The Morgan fingerprint density at radius 2 is 1.74 bits per heavy atom. The van der Waals surface area contributed by atoms with Crippen molar-refractivity contribution in [1.29, 1.82) is 0 Å². The Kier molecular flexibility index (Phi) is 8.18. The second kappa shape index (κ2) is 10.7. The van der Waals surface area contributed by atoms with Crippen molar-refractivity contribution in [2.75, 3.05) is 43.4 Å². The Hall–Kier alpha value is -1.84. The van der Waals surface area contributed by atoms with Crippen LogP contribution in [0, 0.1) is 0 Å². The van der Waals surface area contributed by atoms with E-state index in [0.717, 1.165) is 49.0 Å². The average Bonchev–Trinajstić information content (AvgIpc) is 2.72. The van der Waals surface area contributed by atoms with Gasteiger partial charge in [0.15, 0.2) is 0 Å². The standard InChI is InChI=1S/C21H25Cl2N3O4S/c1-31(28,29)26(20-7-6-18(22)12-19(20)23)15-21(27)24-13-16-2-4-17(5-3-16)14-25-8-10-30-11-9-25/h2-7,12H,8-11,13-15H2,1H3,(H,24,27). The molecule has 0 aliphatic carbocycles. The topological polar surface area (TPSA) is 79.0 Å². The highest BCUT2D eigenvalue weighted by Crippen LogP contribution is 2.30. The summed E-state index contributed by atoms with van der Waals surface area (Å²) in [5.41, 5.74) is 2.32. The lowest BCUT2D eigenvalue weighted by molar-refractivity contribution is -0.119. The number of hydrogen-bond acceptors (Lipinski definition) is 5. The van der Waals surface area contributed by atoms with Gasteiger partial charge in [-0.05, 0) is 29.3 Å². The van der Waals surface area contributed by atoms with Gasteiger partial charge in [-0.3, -0.25) is 14.0 Å². The second-order valence-corrected chi connectivity index (χ2v) is 10.1. The number of rotatable bonds is 8. The minimum Gasteiger partial charge on any atom is -0.379 e. The molecule has 0 bridgehead atoms. The maximum atomic E-state index is 12.4. The van der Waals surface area contributed by atoms with Crippen LogP contribution in [0.4, 0.5) is 5.69 Å². The van der Waals surface area contributed by atoms with Crippen molar-refractivity contribution < 1.29 is 17.9 Å². The summed E-state index contributed by atoms with van der Waals surface area (Å²) in [5, 5.41) is 3.29. The van der Waals surface area contributed by atoms with Crippen LogP contribution in [0.3, 0.4) is 0 Å². The Balaban J connectivity index is 1.57. The molecule has 2 aromatic rings. The number of hydrogen-bond donors (Lipinski definition) is 1. The zero-order chi connectivity index (χ0) is 22.4. The number of nitrogens with zero attached hydrogens (tertiary/aromatic N) is 2. The Morgan fingerprint density at radius 3 is 2.35 bits per heavy atom. The molecular weight excluding hydrogens is 461 g/mol. The molecule has 1 fully saturated rings. The van der Waals surface area contributed by atoms with Gasteiger partial charge in [-0.15, -0.1) is 0 Å². The van der Waals surface area contributed by atoms with Crippen molar-refractivity contribution in [1.82, 2.24) is 10.2 Å². The molecule has 2 aromatic carbocycles. The molecular formula is C21H25Cl2N3O4S. The first-order chi connectivity index (χ1) is 14.7. The van der Waals surface area contributed by atoms with Gasteiger partial charge in [0.1, 0.15) is 6.54 Å². The molecule has 7 nitrogen and oxygen atoms in total. The first-order valence-electron chi connectivity index (χ1n) is 9.80. The smallest absolute Gasteiger partial charge is 0.241 e. The molecule has 1 aliphatic heterocycles. The van der Waals surface area contributed by atoms with E-state index in [0.29, 0.717) is 11.6 Å². The van der Waals surface area contributed by atoms with Crippen LogP contribution in [-0.2, 0) is 32.6 Å². The molecule has 1 aliphatic rings. The molecule has 1 heterocycles. The van der Waals surface area contributed by atoms with Crippen molar-refractivity contribution in [2.24, 2.45) is 0 Å². The monoisotopic (exact) mass is 485 g/mol. The van der Waals surface area contributed by atoms with Crippen LogP contribution < -0.4 is 9.62 Å². The van der Waals surface area contributed by atoms with Gasteiger partial charge in [-0.1, -0.05) is 47.5 Å². The predicted octanol–water partition coefficient (Wildman–Crippen LogP) is 2.91. The van der Waals surface area contributed by atoms with Gasteiger partial charge < -0.3 is 10.1 Å². The fraction of sp³-hybridized carbons (Fsp3) is 0.381. The molecule has 1 amide bonds. The summed E-state index contributed by atoms with van der Waals surface area (Å²) in [4.78, 5) is 14.8. The van der Waals surface area contributed by atoms with Crippen molar-refractivity contribution in [3.63, 3.8) is 0 Å². The summed E-state index contributed by atoms with van der Waals surface area (Å²) >= 11 is 12.0. The molecule has 168 valence electrons. The number of amides is 1. The summed E-state index contributed by atoms with van der Waals surface area (Å²) in [6, 6.07) is 12.4. The first-order valence-corrected chi connectivity index (χ1v) is 12.4. The summed E-state index contributed by atoms with van der Waals surface area (Å²) in [6.07, 6.45) is 1.03. The quantitative estimate of drug-likeness (QED) is 0.621. The third kappa shape index (κ3) is 7.08. The first kappa shape index (κ1) is 23.8. The van der Waals surface area contributed by atoms with Gasteiger partial charge in [0.05, 0.1) is 30.2 Å². The minimum absolute atomic E-state index is 0.154. The largest absolute Gasteiger partial charge is 0.379 e. The van der Waals surface area contributed by atoms with E-state index in [1.54, 1.807) is 0 Å².